The maximum absolute atomic E-state index is 11.4. The van der Waals surface area contributed by atoms with Crippen LogP contribution >= 0.6 is 0 Å². The molecule has 0 bridgehead atoms. The van der Waals surface area contributed by atoms with E-state index in [-0.39, 0.29) is 25.7 Å². The van der Waals surface area contributed by atoms with E-state index in [1.165, 1.54) is 5.56 Å². The van der Waals surface area contributed by atoms with E-state index >= 15 is 0 Å². The van der Waals surface area contributed by atoms with Gasteiger partial charge in [-0.1, -0.05) is 19.1 Å². The van der Waals surface area contributed by atoms with Crippen molar-refractivity contribution in [2.24, 2.45) is 0 Å². The quantitative estimate of drug-likeness (QED) is 0.644. The number of carbonyl (C=O) groups excluding carboxylic acids is 1. The standard InChI is InChI=1S/C13H19NO4/c1-2-10-3-5-12(6-4-10)18-9-13(17)14-11(7-15)8-16/h3-6,11,15-16H,2,7-9H2,1H3,(H,14,17). The van der Waals surface area contributed by atoms with Crippen molar-refractivity contribution in [3.8, 4) is 5.75 Å². The number of aliphatic hydroxyl groups excluding tert-OH is 2. The SMILES string of the molecule is CCc1ccc(OCC(=O)NC(CO)CO)cc1. The van der Waals surface area contributed by atoms with Gasteiger partial charge in [-0.25, -0.2) is 0 Å². The number of amides is 1. The number of rotatable bonds is 7. The van der Waals surface area contributed by atoms with E-state index in [9.17, 15) is 4.79 Å². The first-order valence-electron chi connectivity index (χ1n) is 5.92. The van der Waals surface area contributed by atoms with Gasteiger partial charge in [-0.05, 0) is 24.1 Å². The summed E-state index contributed by atoms with van der Waals surface area (Å²) < 4.78 is 5.28. The van der Waals surface area contributed by atoms with Crippen LogP contribution in [0, 0.1) is 0 Å². The van der Waals surface area contributed by atoms with Gasteiger partial charge in [0.1, 0.15) is 5.75 Å². The minimum Gasteiger partial charge on any atom is -0.484 e. The molecule has 0 aromatic heterocycles. The van der Waals surface area contributed by atoms with Crippen LogP contribution in [0.1, 0.15) is 12.5 Å². The third-order valence-electron chi connectivity index (χ3n) is 2.51. The Morgan fingerprint density at radius 1 is 1.28 bits per heavy atom. The third-order valence-corrected chi connectivity index (χ3v) is 2.51. The van der Waals surface area contributed by atoms with E-state index in [1.54, 1.807) is 0 Å². The number of carbonyl (C=O) groups is 1. The van der Waals surface area contributed by atoms with Gasteiger partial charge in [0.15, 0.2) is 6.61 Å². The Kier molecular flexibility index (Phi) is 6.18. The van der Waals surface area contributed by atoms with Crippen molar-refractivity contribution in [1.29, 1.82) is 0 Å². The van der Waals surface area contributed by atoms with Crippen LogP contribution in [0.4, 0.5) is 0 Å². The number of aryl methyl sites for hydroxylation is 1. The highest BCUT2D eigenvalue weighted by molar-refractivity contribution is 5.77. The van der Waals surface area contributed by atoms with Crippen molar-refractivity contribution < 1.29 is 19.7 Å². The molecule has 3 N–H and O–H groups in total. The van der Waals surface area contributed by atoms with Gasteiger partial charge in [0.25, 0.3) is 5.91 Å². The van der Waals surface area contributed by atoms with Crippen LogP contribution in [0.5, 0.6) is 5.75 Å². The fourth-order valence-corrected chi connectivity index (χ4v) is 1.39. The average molecular weight is 253 g/mol. The number of hydrogen-bond acceptors (Lipinski definition) is 4. The summed E-state index contributed by atoms with van der Waals surface area (Å²) in [5.41, 5.74) is 1.20. The first-order chi connectivity index (χ1) is 8.69. The Hall–Kier alpha value is -1.59. The Morgan fingerprint density at radius 2 is 1.89 bits per heavy atom. The van der Waals surface area contributed by atoms with Crippen LogP contribution in [0.15, 0.2) is 24.3 Å². The molecule has 1 amide bonds. The van der Waals surface area contributed by atoms with Gasteiger partial charge in [-0.3, -0.25) is 4.79 Å². The van der Waals surface area contributed by atoms with Gasteiger partial charge >= 0.3 is 0 Å². The van der Waals surface area contributed by atoms with Crippen LogP contribution in [0.3, 0.4) is 0 Å². The average Bonchev–Trinajstić information content (AvgIpc) is 2.43. The Labute approximate surface area is 106 Å². The Balaban J connectivity index is 2.37. The van der Waals surface area contributed by atoms with Crippen LogP contribution in [0.25, 0.3) is 0 Å². The minimum absolute atomic E-state index is 0.137. The highest BCUT2D eigenvalue weighted by Gasteiger charge is 2.10. The fourth-order valence-electron chi connectivity index (χ4n) is 1.39. The molecule has 5 nitrogen and oxygen atoms in total. The molecule has 0 aliphatic heterocycles. The number of benzene rings is 1. The Morgan fingerprint density at radius 3 is 2.39 bits per heavy atom. The van der Waals surface area contributed by atoms with Crippen LogP contribution in [-0.2, 0) is 11.2 Å². The number of aliphatic hydroxyl groups is 2. The first kappa shape index (κ1) is 14.5. The number of hydrogen-bond donors (Lipinski definition) is 3. The van der Waals surface area contributed by atoms with Gasteiger partial charge < -0.3 is 20.3 Å². The van der Waals surface area contributed by atoms with Crippen molar-refractivity contribution >= 4 is 5.91 Å². The Bertz CT molecular complexity index is 360. The molecular weight excluding hydrogens is 234 g/mol. The highest BCUT2D eigenvalue weighted by Crippen LogP contribution is 2.12. The molecule has 100 valence electrons. The lowest BCUT2D eigenvalue weighted by atomic mass is 10.2. The first-order valence-corrected chi connectivity index (χ1v) is 5.92. The summed E-state index contributed by atoms with van der Waals surface area (Å²) in [6.07, 6.45) is 0.954. The minimum atomic E-state index is -0.636. The summed E-state index contributed by atoms with van der Waals surface area (Å²) in [4.78, 5) is 11.4. The number of nitrogens with one attached hydrogen (secondary N) is 1. The molecule has 0 aliphatic rings. The molecule has 18 heavy (non-hydrogen) atoms. The molecule has 1 aromatic rings. The highest BCUT2D eigenvalue weighted by atomic mass is 16.5. The van der Waals surface area contributed by atoms with E-state index < -0.39 is 6.04 Å². The third kappa shape index (κ3) is 4.73. The lowest BCUT2D eigenvalue weighted by Gasteiger charge is -2.13. The maximum Gasteiger partial charge on any atom is 0.258 e. The van der Waals surface area contributed by atoms with Crippen LogP contribution in [0.2, 0.25) is 0 Å². The van der Waals surface area contributed by atoms with Gasteiger partial charge in [0.05, 0.1) is 19.3 Å². The zero-order valence-corrected chi connectivity index (χ0v) is 10.4. The van der Waals surface area contributed by atoms with Crippen LogP contribution in [-0.4, -0.2) is 42.0 Å². The molecule has 0 atom stereocenters. The topological polar surface area (TPSA) is 78.8 Å². The zero-order chi connectivity index (χ0) is 13.4. The maximum atomic E-state index is 11.4. The molecule has 1 aromatic carbocycles. The molecule has 0 fully saturated rings. The number of ether oxygens (including phenoxy) is 1. The normalized spacial score (nSPS) is 10.4. The molecule has 0 unspecified atom stereocenters. The van der Waals surface area contributed by atoms with Gasteiger partial charge in [0, 0.05) is 0 Å². The van der Waals surface area contributed by atoms with Crippen molar-refractivity contribution in [2.75, 3.05) is 19.8 Å². The molecule has 0 heterocycles. The summed E-state index contributed by atoms with van der Waals surface area (Å²) in [5, 5.41) is 20.0. The summed E-state index contributed by atoms with van der Waals surface area (Å²) in [6.45, 7) is 1.33. The molecule has 0 saturated carbocycles. The van der Waals surface area contributed by atoms with E-state index in [2.05, 4.69) is 12.2 Å². The van der Waals surface area contributed by atoms with Crippen LogP contribution < -0.4 is 10.1 Å². The second-order valence-electron chi connectivity index (χ2n) is 3.92. The molecule has 0 radical (unpaired) electrons. The summed E-state index contributed by atoms with van der Waals surface area (Å²) >= 11 is 0. The second kappa shape index (κ2) is 7.68. The molecule has 0 saturated heterocycles. The van der Waals surface area contributed by atoms with Crippen molar-refractivity contribution in [2.45, 2.75) is 19.4 Å². The lowest BCUT2D eigenvalue weighted by molar-refractivity contribution is -0.124. The van der Waals surface area contributed by atoms with Gasteiger partial charge in [-0.2, -0.15) is 0 Å². The lowest BCUT2D eigenvalue weighted by Crippen LogP contribution is -2.42. The monoisotopic (exact) mass is 253 g/mol. The van der Waals surface area contributed by atoms with E-state index in [0.717, 1.165) is 6.42 Å². The molecule has 5 heteroatoms. The smallest absolute Gasteiger partial charge is 0.258 e. The molecular formula is C13H19NO4. The van der Waals surface area contributed by atoms with Crippen molar-refractivity contribution in [3.05, 3.63) is 29.8 Å². The van der Waals surface area contributed by atoms with Gasteiger partial charge in [-0.15, -0.1) is 0 Å². The molecule has 0 aliphatic carbocycles. The van der Waals surface area contributed by atoms with Gasteiger partial charge in [0.2, 0.25) is 0 Å². The summed E-state index contributed by atoms with van der Waals surface area (Å²) in [6, 6.07) is 6.86. The predicted octanol–water partition coefficient (Wildman–Crippen LogP) is 0.0972. The molecule has 0 spiro atoms. The second-order valence-corrected chi connectivity index (χ2v) is 3.92. The largest absolute Gasteiger partial charge is 0.484 e. The summed E-state index contributed by atoms with van der Waals surface area (Å²) in [7, 11) is 0. The predicted molar refractivity (Wildman–Crippen MR) is 67.4 cm³/mol. The summed E-state index contributed by atoms with van der Waals surface area (Å²) in [5.74, 6) is 0.245. The zero-order valence-electron chi connectivity index (χ0n) is 10.4. The van der Waals surface area contributed by atoms with Crippen molar-refractivity contribution in [3.63, 3.8) is 0 Å². The van der Waals surface area contributed by atoms with E-state index in [0.29, 0.717) is 5.75 Å². The van der Waals surface area contributed by atoms with E-state index in [4.69, 9.17) is 14.9 Å². The fraction of sp³-hybridized carbons (Fsp3) is 0.462. The molecule has 1 rings (SSSR count). The van der Waals surface area contributed by atoms with E-state index in [1.807, 2.05) is 24.3 Å². The van der Waals surface area contributed by atoms with Crippen molar-refractivity contribution in [1.82, 2.24) is 5.32 Å².